The molecular formula is C17H23NO6S. The molecule has 0 radical (unpaired) electrons. The number of carbonyl (C=O) groups excluding carboxylic acids is 2. The van der Waals surface area contributed by atoms with Gasteiger partial charge in [0.2, 0.25) is 0 Å². The third-order valence-electron chi connectivity index (χ3n) is 4.03. The van der Waals surface area contributed by atoms with Gasteiger partial charge < -0.3 is 14.8 Å². The summed E-state index contributed by atoms with van der Waals surface area (Å²) < 4.78 is 33.2. The molecule has 2 atom stereocenters. The molecule has 1 fully saturated rings. The molecule has 0 unspecified atom stereocenters. The van der Waals surface area contributed by atoms with Crippen molar-refractivity contribution in [2.24, 2.45) is 0 Å². The number of aryl methyl sites for hydroxylation is 1. The van der Waals surface area contributed by atoms with Gasteiger partial charge in [0.25, 0.3) is 5.91 Å². The fraction of sp³-hybridized carbons (Fsp3) is 0.529. The van der Waals surface area contributed by atoms with E-state index in [1.165, 1.54) is 14.0 Å². The summed E-state index contributed by atoms with van der Waals surface area (Å²) >= 11 is 0. The number of hydrogen-bond donors (Lipinski definition) is 1. The summed E-state index contributed by atoms with van der Waals surface area (Å²) in [6.07, 6.45) is -0.623. The van der Waals surface area contributed by atoms with Gasteiger partial charge in [-0.2, -0.15) is 0 Å². The minimum atomic E-state index is -3.08. The van der Waals surface area contributed by atoms with Gasteiger partial charge >= 0.3 is 5.97 Å². The first-order valence-electron chi connectivity index (χ1n) is 8.04. The quantitative estimate of drug-likeness (QED) is 0.744. The number of hydrogen-bond acceptors (Lipinski definition) is 6. The summed E-state index contributed by atoms with van der Waals surface area (Å²) in [5, 5.41) is 2.62. The molecule has 25 heavy (non-hydrogen) atoms. The van der Waals surface area contributed by atoms with Crippen molar-refractivity contribution >= 4 is 21.7 Å². The lowest BCUT2D eigenvalue weighted by molar-refractivity contribution is -0.154. The average Bonchev–Trinajstić information content (AvgIpc) is 2.86. The molecule has 1 aromatic rings. The Bertz CT molecular complexity index is 758. The molecule has 1 amide bonds. The van der Waals surface area contributed by atoms with E-state index in [9.17, 15) is 18.0 Å². The Labute approximate surface area is 147 Å². The van der Waals surface area contributed by atoms with Crippen molar-refractivity contribution in [1.29, 1.82) is 0 Å². The molecule has 1 aliphatic heterocycles. The zero-order valence-electron chi connectivity index (χ0n) is 14.6. The molecule has 0 spiro atoms. The van der Waals surface area contributed by atoms with E-state index in [1.807, 2.05) is 19.1 Å². The number of carbonyl (C=O) groups is 2. The van der Waals surface area contributed by atoms with Crippen molar-refractivity contribution in [3.63, 3.8) is 0 Å². The van der Waals surface area contributed by atoms with Gasteiger partial charge in [-0.25, -0.2) is 8.42 Å². The maximum absolute atomic E-state index is 12.1. The fourth-order valence-corrected chi connectivity index (χ4v) is 4.39. The van der Waals surface area contributed by atoms with Crippen molar-refractivity contribution in [3.8, 4) is 5.75 Å². The van der Waals surface area contributed by atoms with Crippen LogP contribution in [-0.2, 0) is 30.6 Å². The number of ether oxygens (including phenoxy) is 2. The number of sulfone groups is 1. The van der Waals surface area contributed by atoms with Gasteiger partial charge in [-0.15, -0.1) is 0 Å². The summed E-state index contributed by atoms with van der Waals surface area (Å²) in [5.74, 6) is -0.466. The Hall–Kier alpha value is -2.09. The number of benzene rings is 1. The third kappa shape index (κ3) is 5.45. The van der Waals surface area contributed by atoms with Crippen LogP contribution in [-0.4, -0.2) is 51.1 Å². The number of esters is 1. The molecule has 8 heteroatoms. The maximum Gasteiger partial charge on any atom is 0.311 e. The highest BCUT2D eigenvalue weighted by molar-refractivity contribution is 7.91. The molecule has 0 aliphatic carbocycles. The summed E-state index contributed by atoms with van der Waals surface area (Å²) in [6.45, 7) is 3.37. The predicted octanol–water partition coefficient (Wildman–Crippen LogP) is 0.781. The Morgan fingerprint density at radius 2 is 2.08 bits per heavy atom. The summed E-state index contributed by atoms with van der Waals surface area (Å²) in [7, 11) is -1.56. The highest BCUT2D eigenvalue weighted by Gasteiger charge is 2.30. The SMILES string of the molecule is COc1ccc(C)cc1CC(=O)O[C@H](C)C(=O)N[C@H]1CCS(=O)(=O)C1. The monoisotopic (exact) mass is 369 g/mol. The van der Waals surface area contributed by atoms with E-state index in [1.54, 1.807) is 6.07 Å². The molecule has 0 bridgehead atoms. The number of amides is 1. The van der Waals surface area contributed by atoms with Crippen molar-refractivity contribution in [2.45, 2.75) is 38.8 Å². The van der Waals surface area contributed by atoms with E-state index in [0.29, 0.717) is 17.7 Å². The van der Waals surface area contributed by atoms with Crippen LogP contribution < -0.4 is 10.1 Å². The normalized spacial score (nSPS) is 19.9. The van der Waals surface area contributed by atoms with E-state index in [4.69, 9.17) is 9.47 Å². The Balaban J connectivity index is 1.89. The summed E-state index contributed by atoms with van der Waals surface area (Å²) in [4.78, 5) is 24.2. The van der Waals surface area contributed by atoms with Gasteiger partial charge in [0.15, 0.2) is 15.9 Å². The van der Waals surface area contributed by atoms with E-state index < -0.39 is 33.9 Å². The van der Waals surface area contributed by atoms with Gasteiger partial charge in [-0.1, -0.05) is 17.7 Å². The van der Waals surface area contributed by atoms with E-state index in [-0.39, 0.29) is 17.9 Å². The zero-order chi connectivity index (χ0) is 18.6. The molecule has 7 nitrogen and oxygen atoms in total. The standard InChI is InChI=1S/C17H23NO6S/c1-11-4-5-15(23-3)13(8-11)9-16(19)24-12(2)17(20)18-14-6-7-25(21,22)10-14/h4-5,8,12,14H,6-7,9-10H2,1-3H3,(H,18,20)/t12-,14+/m1/s1. The van der Waals surface area contributed by atoms with Crippen LogP contribution in [0.2, 0.25) is 0 Å². The second-order valence-electron chi connectivity index (χ2n) is 6.23. The van der Waals surface area contributed by atoms with Crippen LogP contribution in [0.1, 0.15) is 24.5 Å². The lowest BCUT2D eigenvalue weighted by Gasteiger charge is -2.17. The van der Waals surface area contributed by atoms with Crippen LogP contribution in [0.3, 0.4) is 0 Å². The van der Waals surface area contributed by atoms with Crippen LogP contribution in [0.4, 0.5) is 0 Å². The first kappa shape index (κ1) is 19.2. The van der Waals surface area contributed by atoms with Crippen molar-refractivity contribution in [3.05, 3.63) is 29.3 Å². The van der Waals surface area contributed by atoms with E-state index in [0.717, 1.165) is 5.56 Å². The second kappa shape index (κ2) is 7.86. The van der Waals surface area contributed by atoms with Crippen molar-refractivity contribution in [2.75, 3.05) is 18.6 Å². The smallest absolute Gasteiger partial charge is 0.311 e. The van der Waals surface area contributed by atoms with Crippen LogP contribution in [0.15, 0.2) is 18.2 Å². The maximum atomic E-state index is 12.1. The molecule has 1 aliphatic rings. The number of rotatable bonds is 6. The van der Waals surface area contributed by atoms with Gasteiger partial charge in [-0.05, 0) is 26.3 Å². The first-order chi connectivity index (χ1) is 11.7. The summed E-state index contributed by atoms with van der Waals surface area (Å²) in [5.41, 5.74) is 1.67. The lowest BCUT2D eigenvalue weighted by Crippen LogP contribution is -2.42. The zero-order valence-corrected chi connectivity index (χ0v) is 15.4. The molecule has 1 N–H and O–H groups in total. The van der Waals surface area contributed by atoms with Crippen LogP contribution in [0.5, 0.6) is 5.75 Å². The van der Waals surface area contributed by atoms with Gasteiger partial charge in [0.05, 0.1) is 25.0 Å². The molecule has 1 heterocycles. The van der Waals surface area contributed by atoms with E-state index in [2.05, 4.69) is 5.32 Å². The Morgan fingerprint density at radius 3 is 2.68 bits per heavy atom. The fourth-order valence-electron chi connectivity index (χ4n) is 2.72. The molecule has 2 rings (SSSR count). The van der Waals surface area contributed by atoms with Crippen molar-refractivity contribution in [1.82, 2.24) is 5.32 Å². The molecule has 1 saturated heterocycles. The van der Waals surface area contributed by atoms with Crippen LogP contribution in [0, 0.1) is 6.92 Å². The molecule has 0 saturated carbocycles. The Morgan fingerprint density at radius 1 is 1.36 bits per heavy atom. The summed E-state index contributed by atoms with van der Waals surface area (Å²) in [6, 6.07) is 5.05. The first-order valence-corrected chi connectivity index (χ1v) is 9.86. The van der Waals surface area contributed by atoms with Crippen LogP contribution in [0.25, 0.3) is 0 Å². The molecule has 0 aromatic heterocycles. The van der Waals surface area contributed by atoms with Gasteiger partial charge in [0, 0.05) is 11.6 Å². The van der Waals surface area contributed by atoms with Crippen LogP contribution >= 0.6 is 0 Å². The third-order valence-corrected chi connectivity index (χ3v) is 5.79. The Kier molecular flexibility index (Phi) is 6.05. The largest absolute Gasteiger partial charge is 0.496 e. The topological polar surface area (TPSA) is 98.8 Å². The van der Waals surface area contributed by atoms with Gasteiger partial charge in [0.1, 0.15) is 5.75 Å². The van der Waals surface area contributed by atoms with Gasteiger partial charge in [-0.3, -0.25) is 9.59 Å². The number of nitrogens with one attached hydrogen (secondary N) is 1. The highest BCUT2D eigenvalue weighted by Crippen LogP contribution is 2.20. The number of methoxy groups -OCH3 is 1. The van der Waals surface area contributed by atoms with E-state index >= 15 is 0 Å². The average molecular weight is 369 g/mol. The minimum Gasteiger partial charge on any atom is -0.496 e. The highest BCUT2D eigenvalue weighted by atomic mass is 32.2. The lowest BCUT2D eigenvalue weighted by atomic mass is 10.1. The molecular weight excluding hydrogens is 346 g/mol. The van der Waals surface area contributed by atoms with Crippen molar-refractivity contribution < 1.29 is 27.5 Å². The molecule has 138 valence electrons. The second-order valence-corrected chi connectivity index (χ2v) is 8.46. The minimum absolute atomic E-state index is 0.0136. The molecule has 1 aromatic carbocycles. The predicted molar refractivity (Wildman–Crippen MR) is 92.2 cm³/mol.